The number of aliphatic hydroxyl groups is 1. The molecule has 1 fully saturated rings. The van der Waals surface area contributed by atoms with Crippen LogP contribution in [0.2, 0.25) is 0 Å². The van der Waals surface area contributed by atoms with Gasteiger partial charge >= 0.3 is 5.97 Å². The molecule has 0 radical (unpaired) electrons. The van der Waals surface area contributed by atoms with Gasteiger partial charge in [-0.1, -0.05) is 74.7 Å². The van der Waals surface area contributed by atoms with E-state index in [1.807, 2.05) is 55.5 Å². The van der Waals surface area contributed by atoms with Crippen molar-refractivity contribution >= 4 is 23.7 Å². The van der Waals surface area contributed by atoms with Crippen molar-refractivity contribution in [3.05, 3.63) is 71.3 Å². The molecule has 3 amide bonds. The zero-order chi connectivity index (χ0) is 31.7. The molecule has 1 aliphatic carbocycles. The van der Waals surface area contributed by atoms with Gasteiger partial charge in [-0.3, -0.25) is 19.2 Å². The molecule has 2 aromatic rings. The molecule has 0 saturated heterocycles. The zero-order valence-electron chi connectivity index (χ0n) is 26.2. The molecular formula is C35H47N3O6. The van der Waals surface area contributed by atoms with Crippen LogP contribution < -0.4 is 10.6 Å². The Morgan fingerprint density at radius 2 is 1.77 bits per heavy atom. The molecule has 1 heterocycles. The zero-order valence-corrected chi connectivity index (χ0v) is 26.2. The number of nitrogens with zero attached hydrogens (tertiary/aromatic N) is 1. The maximum absolute atomic E-state index is 13.9. The first-order valence-corrected chi connectivity index (χ1v) is 16.1. The normalized spacial score (nSPS) is 21.0. The smallest absolute Gasteiger partial charge is 0.306 e. The van der Waals surface area contributed by atoms with Gasteiger partial charge in [0, 0.05) is 24.9 Å². The van der Waals surface area contributed by atoms with Gasteiger partial charge in [0.15, 0.2) is 0 Å². The molecule has 0 aromatic heterocycles. The van der Waals surface area contributed by atoms with Crippen LogP contribution in [0.15, 0.2) is 54.6 Å². The highest BCUT2D eigenvalue weighted by Gasteiger charge is 2.41. The predicted molar refractivity (Wildman–Crippen MR) is 168 cm³/mol. The number of rotatable bonds is 14. The van der Waals surface area contributed by atoms with E-state index in [9.17, 15) is 24.3 Å². The SMILES string of the molecule is CCCC(NC(=O)C(Cc1ccccc1)N1Cc2ccccc2C1=O)C(=O)NC1CCCCC1(O)CCCC(=O)OC(C)C. The Morgan fingerprint density at radius 1 is 1.05 bits per heavy atom. The van der Waals surface area contributed by atoms with Crippen molar-refractivity contribution in [2.24, 2.45) is 0 Å². The molecular weight excluding hydrogens is 558 g/mol. The molecule has 3 N–H and O–H groups in total. The van der Waals surface area contributed by atoms with Crippen molar-refractivity contribution in [3.63, 3.8) is 0 Å². The molecule has 9 nitrogen and oxygen atoms in total. The fourth-order valence-electron chi connectivity index (χ4n) is 6.40. The van der Waals surface area contributed by atoms with E-state index in [4.69, 9.17) is 4.74 Å². The lowest BCUT2D eigenvalue weighted by Crippen LogP contribution is -2.60. The minimum Gasteiger partial charge on any atom is -0.463 e. The molecule has 4 atom stereocenters. The third-order valence-electron chi connectivity index (χ3n) is 8.69. The number of benzene rings is 2. The van der Waals surface area contributed by atoms with Crippen molar-refractivity contribution in [1.82, 2.24) is 15.5 Å². The fourth-order valence-corrected chi connectivity index (χ4v) is 6.40. The summed E-state index contributed by atoms with van der Waals surface area (Å²) in [7, 11) is 0. The highest BCUT2D eigenvalue weighted by molar-refractivity contribution is 6.01. The lowest BCUT2D eigenvalue weighted by molar-refractivity contribution is -0.148. The number of fused-ring (bicyclic) bond motifs is 1. The number of carbonyl (C=O) groups excluding carboxylic acids is 4. The van der Waals surface area contributed by atoms with E-state index < -0.39 is 23.7 Å². The van der Waals surface area contributed by atoms with E-state index in [2.05, 4.69) is 10.6 Å². The van der Waals surface area contributed by atoms with Crippen molar-refractivity contribution in [1.29, 1.82) is 0 Å². The Bertz CT molecular complexity index is 1300. The Hall–Kier alpha value is -3.72. The number of nitrogens with one attached hydrogen (secondary N) is 2. The second-order valence-electron chi connectivity index (χ2n) is 12.4. The Kier molecular flexibility index (Phi) is 11.6. The minimum absolute atomic E-state index is 0.191. The second kappa shape index (κ2) is 15.3. The summed E-state index contributed by atoms with van der Waals surface area (Å²) in [5.41, 5.74) is 1.24. The Labute approximate surface area is 260 Å². The number of amides is 3. The van der Waals surface area contributed by atoms with E-state index in [1.54, 1.807) is 24.8 Å². The maximum Gasteiger partial charge on any atom is 0.306 e. The van der Waals surface area contributed by atoms with Crippen molar-refractivity contribution in [2.45, 2.75) is 121 Å². The highest BCUT2D eigenvalue weighted by Crippen LogP contribution is 2.33. The summed E-state index contributed by atoms with van der Waals surface area (Å²) >= 11 is 0. The van der Waals surface area contributed by atoms with Gasteiger partial charge in [0.2, 0.25) is 11.8 Å². The minimum atomic E-state index is -1.14. The van der Waals surface area contributed by atoms with Gasteiger partial charge in [-0.2, -0.15) is 0 Å². The second-order valence-corrected chi connectivity index (χ2v) is 12.4. The fraction of sp³-hybridized carbons (Fsp3) is 0.543. The van der Waals surface area contributed by atoms with Gasteiger partial charge in [-0.25, -0.2) is 0 Å². The summed E-state index contributed by atoms with van der Waals surface area (Å²) in [5, 5.41) is 17.6. The number of ether oxygens (including phenoxy) is 1. The van der Waals surface area contributed by atoms with Crippen LogP contribution in [0.1, 0.15) is 100 Å². The highest BCUT2D eigenvalue weighted by atomic mass is 16.5. The summed E-state index contributed by atoms with van der Waals surface area (Å²) in [4.78, 5) is 54.7. The third kappa shape index (κ3) is 8.46. The number of hydrogen-bond acceptors (Lipinski definition) is 6. The average molecular weight is 606 g/mol. The number of esters is 1. The van der Waals surface area contributed by atoms with Gasteiger partial charge in [0.25, 0.3) is 5.91 Å². The van der Waals surface area contributed by atoms with Crippen molar-refractivity contribution in [3.8, 4) is 0 Å². The van der Waals surface area contributed by atoms with Gasteiger partial charge < -0.3 is 25.4 Å². The maximum atomic E-state index is 13.9. The predicted octanol–water partition coefficient (Wildman–Crippen LogP) is 4.45. The van der Waals surface area contributed by atoms with Gasteiger partial charge in [-0.05, 0) is 63.1 Å². The first kappa shape index (κ1) is 33.2. The molecule has 2 aliphatic rings. The van der Waals surface area contributed by atoms with Gasteiger partial charge in [0.05, 0.1) is 17.7 Å². The van der Waals surface area contributed by atoms with Gasteiger partial charge in [-0.15, -0.1) is 0 Å². The quantitative estimate of drug-likeness (QED) is 0.273. The molecule has 2 aromatic carbocycles. The Morgan fingerprint density at radius 3 is 2.48 bits per heavy atom. The van der Waals surface area contributed by atoms with Crippen LogP contribution in [0.3, 0.4) is 0 Å². The lowest BCUT2D eigenvalue weighted by atomic mass is 9.77. The lowest BCUT2D eigenvalue weighted by Gasteiger charge is -2.41. The molecule has 4 rings (SSSR count). The van der Waals surface area contributed by atoms with Crippen LogP contribution in [0.25, 0.3) is 0 Å². The first-order valence-electron chi connectivity index (χ1n) is 16.1. The van der Waals surface area contributed by atoms with E-state index in [-0.39, 0.29) is 36.2 Å². The molecule has 0 bridgehead atoms. The van der Waals surface area contributed by atoms with E-state index in [0.29, 0.717) is 57.1 Å². The largest absolute Gasteiger partial charge is 0.463 e. The summed E-state index contributed by atoms with van der Waals surface area (Å²) < 4.78 is 5.22. The van der Waals surface area contributed by atoms with Gasteiger partial charge in [0.1, 0.15) is 12.1 Å². The summed E-state index contributed by atoms with van der Waals surface area (Å²) in [6.07, 6.45) is 5.06. The van der Waals surface area contributed by atoms with Crippen LogP contribution in [0, 0.1) is 0 Å². The topological polar surface area (TPSA) is 125 Å². The van der Waals surface area contributed by atoms with Crippen LogP contribution in [-0.4, -0.2) is 63.5 Å². The summed E-state index contributed by atoms with van der Waals surface area (Å²) in [6, 6.07) is 14.8. The number of carbonyl (C=O) groups is 4. The van der Waals surface area contributed by atoms with E-state index >= 15 is 0 Å². The van der Waals surface area contributed by atoms with Crippen LogP contribution in [0.4, 0.5) is 0 Å². The third-order valence-corrected chi connectivity index (χ3v) is 8.69. The van der Waals surface area contributed by atoms with E-state index in [1.165, 1.54) is 0 Å². The molecule has 4 unspecified atom stereocenters. The monoisotopic (exact) mass is 605 g/mol. The van der Waals surface area contributed by atoms with Crippen molar-refractivity contribution in [2.75, 3.05) is 0 Å². The van der Waals surface area contributed by atoms with Crippen LogP contribution in [0.5, 0.6) is 0 Å². The van der Waals surface area contributed by atoms with Crippen LogP contribution >= 0.6 is 0 Å². The molecule has 238 valence electrons. The standard InChI is InChI=1S/C35H47N3O6/c1-4-13-28(32(40)37-30-18-10-11-20-35(30,43)21-12-19-31(39)44-24(2)3)36-33(41)29(22-25-14-6-5-7-15-25)38-23-26-16-8-9-17-27(26)34(38)42/h5-9,14-17,24,28-30,43H,4,10-13,18-23H2,1-3H3,(H,36,41)(H,37,40). The van der Waals surface area contributed by atoms with Crippen LogP contribution in [-0.2, 0) is 32.1 Å². The summed E-state index contributed by atoms with van der Waals surface area (Å²) in [6.45, 7) is 5.87. The number of hydrogen-bond donors (Lipinski definition) is 3. The molecule has 1 aliphatic heterocycles. The molecule has 1 saturated carbocycles. The first-order chi connectivity index (χ1) is 21.1. The molecule has 44 heavy (non-hydrogen) atoms. The average Bonchev–Trinajstić information content (AvgIpc) is 3.32. The molecule has 9 heteroatoms. The van der Waals surface area contributed by atoms with E-state index in [0.717, 1.165) is 24.0 Å². The summed E-state index contributed by atoms with van der Waals surface area (Å²) in [5.74, 6) is -1.22. The van der Waals surface area contributed by atoms with Crippen molar-refractivity contribution < 1.29 is 29.0 Å². The molecule has 0 spiro atoms. The Balaban J connectivity index is 1.46.